The third-order valence-electron chi connectivity index (χ3n) is 3.18. The van der Waals surface area contributed by atoms with Gasteiger partial charge in [0.1, 0.15) is 0 Å². The number of fused-ring (bicyclic) bond motifs is 1. The Kier molecular flexibility index (Phi) is 5.68. The summed E-state index contributed by atoms with van der Waals surface area (Å²) in [4.78, 5) is 21.1. The lowest BCUT2D eigenvalue weighted by Crippen LogP contribution is -2.27. The normalized spacial score (nSPS) is 12.3. The zero-order valence-electron chi connectivity index (χ0n) is 12.0. The Balaban J connectivity index is 1.86. The Labute approximate surface area is 124 Å². The summed E-state index contributed by atoms with van der Waals surface area (Å²) in [7, 11) is 1.43. The molecule has 0 fully saturated rings. The summed E-state index contributed by atoms with van der Waals surface area (Å²) in [6.07, 6.45) is 0.893. The summed E-state index contributed by atoms with van der Waals surface area (Å²) >= 11 is 0. The van der Waals surface area contributed by atoms with E-state index in [1.807, 2.05) is 42.5 Å². The van der Waals surface area contributed by atoms with E-state index in [1.54, 1.807) is 0 Å². The van der Waals surface area contributed by atoms with Crippen molar-refractivity contribution in [1.82, 2.24) is 0 Å². The van der Waals surface area contributed by atoms with Gasteiger partial charge in [0.15, 0.2) is 0 Å². The summed E-state index contributed by atoms with van der Waals surface area (Å²) in [5, 5.41) is 5.12. The molecule has 0 aliphatic rings. The zero-order valence-corrected chi connectivity index (χ0v) is 12.0. The average Bonchev–Trinajstić information content (AvgIpc) is 2.50. The maximum Gasteiger partial charge on any atom is 0.224 e. The van der Waals surface area contributed by atoms with Crippen LogP contribution in [0.25, 0.3) is 10.8 Å². The summed E-state index contributed by atoms with van der Waals surface area (Å²) < 4.78 is 0. The number of hydrogen-bond acceptors (Lipinski definition) is 4. The SMILES string of the molecule is COOC[C@@H](N)CCC(=O)Nc1ccc2ccccc2c1. The predicted octanol–water partition coefficient (Wildman–Crippen LogP) is 2.46. The second-order valence-electron chi connectivity index (χ2n) is 4.86. The highest BCUT2D eigenvalue weighted by Crippen LogP contribution is 2.19. The van der Waals surface area contributed by atoms with Crippen LogP contribution in [0.3, 0.4) is 0 Å². The van der Waals surface area contributed by atoms with Crippen LogP contribution in [-0.2, 0) is 14.6 Å². The van der Waals surface area contributed by atoms with Crippen molar-refractivity contribution in [3.8, 4) is 0 Å². The Morgan fingerprint density at radius 3 is 2.76 bits per heavy atom. The molecular formula is C16H20N2O3. The molecule has 2 rings (SSSR count). The topological polar surface area (TPSA) is 73.6 Å². The molecule has 0 radical (unpaired) electrons. The molecule has 0 saturated carbocycles. The minimum atomic E-state index is -0.215. The van der Waals surface area contributed by atoms with E-state index in [0.717, 1.165) is 16.5 Å². The molecule has 0 heterocycles. The van der Waals surface area contributed by atoms with E-state index in [1.165, 1.54) is 7.11 Å². The van der Waals surface area contributed by atoms with Crippen molar-refractivity contribution < 1.29 is 14.6 Å². The van der Waals surface area contributed by atoms with Crippen LogP contribution in [0.1, 0.15) is 12.8 Å². The fraction of sp³-hybridized carbons (Fsp3) is 0.312. The third-order valence-corrected chi connectivity index (χ3v) is 3.18. The van der Waals surface area contributed by atoms with Gasteiger partial charge < -0.3 is 11.1 Å². The molecule has 5 nitrogen and oxygen atoms in total. The Hall–Kier alpha value is -1.95. The van der Waals surface area contributed by atoms with Crippen molar-refractivity contribution in [2.75, 3.05) is 19.0 Å². The highest BCUT2D eigenvalue weighted by molar-refractivity contribution is 5.94. The molecule has 1 atom stereocenters. The maximum atomic E-state index is 11.9. The van der Waals surface area contributed by atoms with Crippen LogP contribution in [-0.4, -0.2) is 25.7 Å². The van der Waals surface area contributed by atoms with Gasteiger partial charge in [0, 0.05) is 18.2 Å². The molecule has 21 heavy (non-hydrogen) atoms. The quantitative estimate of drug-likeness (QED) is 0.606. The first kappa shape index (κ1) is 15.4. The fourth-order valence-corrected chi connectivity index (χ4v) is 2.05. The second kappa shape index (κ2) is 7.73. The van der Waals surface area contributed by atoms with Crippen molar-refractivity contribution in [3.63, 3.8) is 0 Å². The first-order chi connectivity index (χ1) is 10.2. The molecule has 5 heteroatoms. The van der Waals surface area contributed by atoms with E-state index < -0.39 is 0 Å². The highest BCUT2D eigenvalue weighted by Gasteiger charge is 2.08. The van der Waals surface area contributed by atoms with Crippen LogP contribution in [0.5, 0.6) is 0 Å². The number of benzene rings is 2. The van der Waals surface area contributed by atoms with Gasteiger partial charge in [-0.1, -0.05) is 30.3 Å². The van der Waals surface area contributed by atoms with Crippen molar-refractivity contribution in [2.24, 2.45) is 5.73 Å². The average molecular weight is 288 g/mol. The van der Waals surface area contributed by atoms with E-state index in [9.17, 15) is 4.79 Å². The molecule has 0 aliphatic carbocycles. The van der Waals surface area contributed by atoms with Gasteiger partial charge in [-0.05, 0) is 29.3 Å². The zero-order chi connectivity index (χ0) is 15.1. The highest BCUT2D eigenvalue weighted by atomic mass is 17.2. The molecule has 1 amide bonds. The van der Waals surface area contributed by atoms with Crippen LogP contribution in [0.4, 0.5) is 5.69 Å². The smallest absolute Gasteiger partial charge is 0.224 e. The predicted molar refractivity (Wildman–Crippen MR) is 82.7 cm³/mol. The number of rotatable bonds is 7. The van der Waals surface area contributed by atoms with E-state index in [-0.39, 0.29) is 18.6 Å². The molecule has 2 aromatic carbocycles. The van der Waals surface area contributed by atoms with E-state index in [4.69, 9.17) is 10.6 Å². The number of carbonyl (C=O) groups excluding carboxylic acids is 1. The summed E-state index contributed by atoms with van der Waals surface area (Å²) in [6, 6.07) is 13.6. The van der Waals surface area contributed by atoms with E-state index in [0.29, 0.717) is 12.8 Å². The van der Waals surface area contributed by atoms with Crippen LogP contribution < -0.4 is 11.1 Å². The lowest BCUT2D eigenvalue weighted by Gasteiger charge is -2.11. The summed E-state index contributed by atoms with van der Waals surface area (Å²) in [5.74, 6) is -0.0573. The molecule has 0 spiro atoms. The second-order valence-corrected chi connectivity index (χ2v) is 4.86. The molecule has 0 bridgehead atoms. The standard InChI is InChI=1S/C16H20N2O3/c1-20-21-11-14(17)7-9-16(19)18-15-8-6-12-4-2-3-5-13(12)10-15/h2-6,8,10,14H,7,9,11,17H2,1H3,(H,18,19)/t14-/m0/s1. The number of nitrogens with two attached hydrogens (primary N) is 1. The largest absolute Gasteiger partial charge is 0.326 e. The number of anilines is 1. The number of carbonyl (C=O) groups is 1. The first-order valence-corrected chi connectivity index (χ1v) is 6.89. The Morgan fingerprint density at radius 2 is 2.00 bits per heavy atom. The maximum absolute atomic E-state index is 11.9. The number of nitrogens with one attached hydrogen (secondary N) is 1. The van der Waals surface area contributed by atoms with Crippen molar-refractivity contribution >= 4 is 22.4 Å². The number of amides is 1. The van der Waals surface area contributed by atoms with Crippen molar-refractivity contribution in [1.29, 1.82) is 0 Å². The van der Waals surface area contributed by atoms with Crippen LogP contribution >= 0.6 is 0 Å². The van der Waals surface area contributed by atoms with Gasteiger partial charge >= 0.3 is 0 Å². The summed E-state index contributed by atoms with van der Waals surface area (Å²) in [6.45, 7) is 0.278. The van der Waals surface area contributed by atoms with Crippen molar-refractivity contribution in [3.05, 3.63) is 42.5 Å². The van der Waals surface area contributed by atoms with Gasteiger partial charge in [-0.3, -0.25) is 4.79 Å². The van der Waals surface area contributed by atoms with Crippen molar-refractivity contribution in [2.45, 2.75) is 18.9 Å². The van der Waals surface area contributed by atoms with Crippen LogP contribution in [0.15, 0.2) is 42.5 Å². The Morgan fingerprint density at radius 1 is 1.24 bits per heavy atom. The van der Waals surface area contributed by atoms with E-state index in [2.05, 4.69) is 10.2 Å². The minimum Gasteiger partial charge on any atom is -0.326 e. The van der Waals surface area contributed by atoms with Gasteiger partial charge in [0.2, 0.25) is 5.91 Å². The van der Waals surface area contributed by atoms with Gasteiger partial charge in [-0.15, -0.1) is 0 Å². The van der Waals surface area contributed by atoms with Gasteiger partial charge in [0.25, 0.3) is 0 Å². The van der Waals surface area contributed by atoms with Crippen LogP contribution in [0.2, 0.25) is 0 Å². The molecule has 0 saturated heterocycles. The molecule has 112 valence electrons. The Bertz CT molecular complexity index is 601. The molecule has 0 aromatic heterocycles. The van der Waals surface area contributed by atoms with Crippen LogP contribution in [0, 0.1) is 0 Å². The molecular weight excluding hydrogens is 268 g/mol. The molecule has 2 aromatic rings. The monoisotopic (exact) mass is 288 g/mol. The molecule has 3 N–H and O–H groups in total. The third kappa shape index (κ3) is 4.82. The molecule has 0 unspecified atom stereocenters. The van der Waals surface area contributed by atoms with Gasteiger partial charge in [-0.25, -0.2) is 9.78 Å². The lowest BCUT2D eigenvalue weighted by molar-refractivity contribution is -0.274. The first-order valence-electron chi connectivity index (χ1n) is 6.89. The van der Waals surface area contributed by atoms with Gasteiger partial charge in [0.05, 0.1) is 13.7 Å². The fourth-order valence-electron chi connectivity index (χ4n) is 2.05. The number of hydrogen-bond donors (Lipinski definition) is 2. The lowest BCUT2D eigenvalue weighted by atomic mass is 10.1. The molecule has 0 aliphatic heterocycles. The van der Waals surface area contributed by atoms with Gasteiger partial charge in [-0.2, -0.15) is 0 Å². The van der Waals surface area contributed by atoms with E-state index >= 15 is 0 Å². The minimum absolute atomic E-state index is 0.0573. The summed E-state index contributed by atoms with van der Waals surface area (Å²) in [5.41, 5.74) is 6.58.